The van der Waals surface area contributed by atoms with Crippen LogP contribution in [0, 0.1) is 0 Å². The molecule has 2 heteroatoms. The highest BCUT2D eigenvalue weighted by Crippen LogP contribution is 2.25. The SMILES string of the molecule is C=N/C(C)=C\CC(C)(CC)/N=C(\C)C1=CC=C(C)CC1. The predicted molar refractivity (Wildman–Crippen MR) is 90.8 cm³/mol. The maximum Gasteiger partial charge on any atom is 0.0615 e. The van der Waals surface area contributed by atoms with Gasteiger partial charge in [-0.1, -0.05) is 30.7 Å². The number of nitrogens with zero attached hydrogens (tertiary/aromatic N) is 2. The first kappa shape index (κ1) is 16.6. The highest BCUT2D eigenvalue weighted by atomic mass is 14.9. The van der Waals surface area contributed by atoms with Crippen LogP contribution in [0.4, 0.5) is 0 Å². The Kier molecular flexibility index (Phi) is 6.12. The summed E-state index contributed by atoms with van der Waals surface area (Å²) in [5.74, 6) is 0. The molecule has 110 valence electrons. The molecule has 0 heterocycles. The number of allylic oxidation sites excluding steroid dienone is 5. The lowest BCUT2D eigenvalue weighted by atomic mass is 9.92. The fourth-order valence-electron chi connectivity index (χ4n) is 2.22. The van der Waals surface area contributed by atoms with Crippen molar-refractivity contribution in [3.8, 4) is 0 Å². The predicted octanol–water partition coefficient (Wildman–Crippen LogP) is 5.28. The lowest BCUT2D eigenvalue weighted by Gasteiger charge is -2.24. The van der Waals surface area contributed by atoms with E-state index in [0.717, 1.165) is 31.4 Å². The second kappa shape index (κ2) is 7.37. The van der Waals surface area contributed by atoms with E-state index >= 15 is 0 Å². The summed E-state index contributed by atoms with van der Waals surface area (Å²) < 4.78 is 0. The largest absolute Gasteiger partial charge is 0.283 e. The van der Waals surface area contributed by atoms with Gasteiger partial charge in [-0.2, -0.15) is 0 Å². The van der Waals surface area contributed by atoms with Gasteiger partial charge < -0.3 is 0 Å². The maximum absolute atomic E-state index is 4.99. The first-order valence-corrected chi connectivity index (χ1v) is 7.47. The summed E-state index contributed by atoms with van der Waals surface area (Å²) in [6.45, 7) is 14.3. The van der Waals surface area contributed by atoms with Crippen LogP contribution in [0.15, 0.2) is 45.1 Å². The zero-order valence-corrected chi connectivity index (χ0v) is 13.7. The summed E-state index contributed by atoms with van der Waals surface area (Å²) in [4.78, 5) is 8.94. The molecule has 0 saturated carbocycles. The highest BCUT2D eigenvalue weighted by molar-refractivity contribution is 5.99. The number of hydrogen-bond donors (Lipinski definition) is 0. The van der Waals surface area contributed by atoms with Crippen molar-refractivity contribution in [2.24, 2.45) is 9.98 Å². The van der Waals surface area contributed by atoms with Crippen LogP contribution in [0.5, 0.6) is 0 Å². The van der Waals surface area contributed by atoms with E-state index in [2.05, 4.69) is 57.6 Å². The molecule has 1 rings (SSSR count). The first-order valence-electron chi connectivity index (χ1n) is 7.47. The minimum Gasteiger partial charge on any atom is -0.283 e. The fraction of sp³-hybridized carbons (Fsp3) is 0.556. The zero-order valence-electron chi connectivity index (χ0n) is 13.7. The summed E-state index contributed by atoms with van der Waals surface area (Å²) in [5, 5.41) is 0. The van der Waals surface area contributed by atoms with Crippen LogP contribution < -0.4 is 0 Å². The van der Waals surface area contributed by atoms with Crippen molar-refractivity contribution >= 4 is 12.4 Å². The number of rotatable bonds is 6. The second-order valence-electron chi connectivity index (χ2n) is 5.96. The van der Waals surface area contributed by atoms with Crippen molar-refractivity contribution in [1.82, 2.24) is 0 Å². The summed E-state index contributed by atoms with van der Waals surface area (Å²) in [6.07, 6.45) is 10.8. The third-order valence-corrected chi connectivity index (χ3v) is 4.11. The van der Waals surface area contributed by atoms with E-state index in [0.29, 0.717) is 0 Å². The third-order valence-electron chi connectivity index (χ3n) is 4.11. The van der Waals surface area contributed by atoms with Crippen LogP contribution in [0.2, 0.25) is 0 Å². The third kappa shape index (κ3) is 4.92. The topological polar surface area (TPSA) is 24.7 Å². The molecule has 0 spiro atoms. The normalized spacial score (nSPS) is 20.1. The summed E-state index contributed by atoms with van der Waals surface area (Å²) in [5.41, 5.74) is 4.93. The van der Waals surface area contributed by atoms with E-state index in [4.69, 9.17) is 4.99 Å². The lowest BCUT2D eigenvalue weighted by Crippen LogP contribution is -2.22. The highest BCUT2D eigenvalue weighted by Gasteiger charge is 2.20. The minimum atomic E-state index is -0.0485. The van der Waals surface area contributed by atoms with E-state index in [1.807, 2.05) is 6.92 Å². The number of hydrogen-bond acceptors (Lipinski definition) is 2. The molecule has 0 saturated heterocycles. The standard InChI is InChI=1S/C18H28N2/c1-7-18(5,13-12-15(3)19-6)20-16(4)17-10-8-14(2)9-11-17/h8,10,12H,6-7,9,11,13H2,1-5H3/b15-12-,20-16+. The van der Waals surface area contributed by atoms with Gasteiger partial charge in [-0.25, -0.2) is 0 Å². The molecule has 0 amide bonds. The van der Waals surface area contributed by atoms with Crippen LogP contribution in [0.3, 0.4) is 0 Å². The van der Waals surface area contributed by atoms with Gasteiger partial charge in [-0.05, 0) is 65.7 Å². The van der Waals surface area contributed by atoms with Gasteiger partial charge in [0, 0.05) is 11.4 Å². The van der Waals surface area contributed by atoms with Crippen molar-refractivity contribution in [3.05, 3.63) is 35.1 Å². The van der Waals surface area contributed by atoms with Crippen LogP contribution >= 0.6 is 0 Å². The lowest BCUT2D eigenvalue weighted by molar-refractivity contribution is 0.461. The van der Waals surface area contributed by atoms with Gasteiger partial charge in [0.1, 0.15) is 0 Å². The molecule has 0 aliphatic heterocycles. The van der Waals surface area contributed by atoms with Crippen LogP contribution in [0.25, 0.3) is 0 Å². The van der Waals surface area contributed by atoms with Crippen LogP contribution in [-0.4, -0.2) is 18.0 Å². The average Bonchev–Trinajstić information content (AvgIpc) is 2.45. The fourth-order valence-corrected chi connectivity index (χ4v) is 2.22. The van der Waals surface area contributed by atoms with Gasteiger partial charge in [-0.15, -0.1) is 0 Å². The Labute approximate surface area is 124 Å². The monoisotopic (exact) mass is 272 g/mol. The van der Waals surface area contributed by atoms with E-state index in [-0.39, 0.29) is 5.54 Å². The van der Waals surface area contributed by atoms with Gasteiger partial charge in [0.25, 0.3) is 0 Å². The summed E-state index contributed by atoms with van der Waals surface area (Å²) in [7, 11) is 0. The number of aliphatic imine (C=N–C) groups is 2. The Morgan fingerprint density at radius 2 is 2.05 bits per heavy atom. The molecule has 0 radical (unpaired) electrons. The van der Waals surface area contributed by atoms with Gasteiger partial charge >= 0.3 is 0 Å². The Balaban J connectivity index is 2.89. The van der Waals surface area contributed by atoms with E-state index in [1.54, 1.807) is 0 Å². The summed E-state index contributed by atoms with van der Waals surface area (Å²) >= 11 is 0. The summed E-state index contributed by atoms with van der Waals surface area (Å²) in [6, 6.07) is 0. The molecule has 1 aliphatic rings. The molecule has 0 aromatic heterocycles. The van der Waals surface area contributed by atoms with Crippen molar-refractivity contribution in [3.63, 3.8) is 0 Å². The van der Waals surface area contributed by atoms with Gasteiger partial charge in [0.05, 0.1) is 5.54 Å². The zero-order chi connectivity index (χ0) is 15.2. The molecule has 0 aromatic rings. The Bertz CT molecular complexity index is 478. The van der Waals surface area contributed by atoms with E-state index in [1.165, 1.54) is 16.9 Å². The van der Waals surface area contributed by atoms with Gasteiger partial charge in [0.15, 0.2) is 0 Å². The van der Waals surface area contributed by atoms with Crippen molar-refractivity contribution in [2.45, 2.75) is 65.8 Å². The van der Waals surface area contributed by atoms with Crippen molar-refractivity contribution < 1.29 is 0 Å². The molecule has 1 atom stereocenters. The minimum absolute atomic E-state index is 0.0485. The molecule has 0 aromatic carbocycles. The first-order chi connectivity index (χ1) is 9.40. The molecule has 1 unspecified atom stereocenters. The Morgan fingerprint density at radius 3 is 2.55 bits per heavy atom. The van der Waals surface area contributed by atoms with Gasteiger partial charge in [-0.3, -0.25) is 9.98 Å². The van der Waals surface area contributed by atoms with Crippen molar-refractivity contribution in [2.75, 3.05) is 0 Å². The molecule has 1 aliphatic carbocycles. The molecular formula is C18H28N2. The maximum atomic E-state index is 4.99. The molecule has 0 N–H and O–H groups in total. The molecule has 2 nitrogen and oxygen atoms in total. The van der Waals surface area contributed by atoms with Crippen LogP contribution in [-0.2, 0) is 0 Å². The van der Waals surface area contributed by atoms with Crippen LogP contribution in [0.1, 0.15) is 60.3 Å². The van der Waals surface area contributed by atoms with E-state index < -0.39 is 0 Å². The average molecular weight is 272 g/mol. The molecule has 0 bridgehead atoms. The molecule has 0 fully saturated rings. The molecule has 20 heavy (non-hydrogen) atoms. The Morgan fingerprint density at radius 1 is 1.35 bits per heavy atom. The quantitative estimate of drug-likeness (QED) is 0.588. The van der Waals surface area contributed by atoms with Crippen molar-refractivity contribution in [1.29, 1.82) is 0 Å². The van der Waals surface area contributed by atoms with E-state index in [9.17, 15) is 0 Å². The Hall–Kier alpha value is -1.44. The second-order valence-corrected chi connectivity index (χ2v) is 5.96. The van der Waals surface area contributed by atoms with Gasteiger partial charge in [0.2, 0.25) is 0 Å². The smallest absolute Gasteiger partial charge is 0.0615 e. The molecular weight excluding hydrogens is 244 g/mol.